The standard InChI is InChI=1S/C16H9BO2/c18-17-19-14-9-7-12-5-4-10-2-1-3-11-6-8-13(14)16(12)15(10)11/h1-9H. The molecule has 0 atom stereocenters. The van der Waals surface area contributed by atoms with E-state index in [1.165, 1.54) is 16.2 Å². The van der Waals surface area contributed by atoms with E-state index in [-0.39, 0.29) is 0 Å². The maximum absolute atomic E-state index is 10.6. The first-order valence-electron chi connectivity index (χ1n) is 6.15. The van der Waals surface area contributed by atoms with E-state index in [2.05, 4.69) is 36.4 Å². The van der Waals surface area contributed by atoms with E-state index >= 15 is 0 Å². The fraction of sp³-hybridized carbons (Fsp3) is 0. The van der Waals surface area contributed by atoms with Gasteiger partial charge in [-0.1, -0.05) is 0 Å². The summed E-state index contributed by atoms with van der Waals surface area (Å²) in [7, 11) is 0.478. The van der Waals surface area contributed by atoms with Gasteiger partial charge in [0.05, 0.1) is 0 Å². The molecule has 0 N–H and O–H groups in total. The van der Waals surface area contributed by atoms with Gasteiger partial charge in [0.2, 0.25) is 0 Å². The van der Waals surface area contributed by atoms with Gasteiger partial charge in [0.1, 0.15) is 0 Å². The first-order chi connectivity index (χ1) is 9.38. The molecule has 0 amide bonds. The summed E-state index contributed by atoms with van der Waals surface area (Å²) in [6.45, 7) is 0. The summed E-state index contributed by atoms with van der Waals surface area (Å²) in [4.78, 5) is 0. The Hall–Kier alpha value is -2.42. The molecule has 19 heavy (non-hydrogen) atoms. The molecule has 4 aromatic rings. The second-order valence-electron chi connectivity index (χ2n) is 4.63. The molecule has 0 spiro atoms. The Balaban J connectivity index is 2.31. The van der Waals surface area contributed by atoms with Gasteiger partial charge in [0, 0.05) is 0 Å². The summed E-state index contributed by atoms with van der Waals surface area (Å²) in [6.07, 6.45) is 0. The zero-order valence-electron chi connectivity index (χ0n) is 10.1. The van der Waals surface area contributed by atoms with Crippen LogP contribution in [0.15, 0.2) is 54.6 Å². The average molecular weight is 244 g/mol. The summed E-state index contributed by atoms with van der Waals surface area (Å²) in [5.41, 5.74) is 0. The number of benzene rings is 4. The molecule has 0 saturated carbocycles. The third-order valence-electron chi connectivity index (χ3n) is 3.66. The number of rotatable bonds is 2. The van der Waals surface area contributed by atoms with Gasteiger partial charge in [-0.25, -0.2) is 0 Å². The van der Waals surface area contributed by atoms with E-state index in [9.17, 15) is 4.70 Å². The SMILES string of the molecule is O=BOc1ccc2ccc3cccc4ccc1c2c34. The van der Waals surface area contributed by atoms with Gasteiger partial charge in [0.25, 0.3) is 0 Å². The van der Waals surface area contributed by atoms with Gasteiger partial charge in [-0.2, -0.15) is 0 Å². The predicted molar refractivity (Wildman–Crippen MR) is 77.2 cm³/mol. The quantitative estimate of drug-likeness (QED) is 0.394. The molecular formula is C16H9BO2. The van der Waals surface area contributed by atoms with Crippen molar-refractivity contribution in [2.75, 3.05) is 0 Å². The van der Waals surface area contributed by atoms with Gasteiger partial charge >= 0.3 is 109 Å². The molecule has 0 aromatic heterocycles. The van der Waals surface area contributed by atoms with Gasteiger partial charge in [-0.05, 0) is 0 Å². The average Bonchev–Trinajstić information content (AvgIpc) is 2.46. The molecule has 0 aliphatic carbocycles. The summed E-state index contributed by atoms with van der Waals surface area (Å²) in [6, 6.07) is 18.4. The second-order valence-corrected chi connectivity index (χ2v) is 4.63. The van der Waals surface area contributed by atoms with E-state index < -0.39 is 0 Å². The molecule has 2 nitrogen and oxygen atoms in total. The van der Waals surface area contributed by atoms with Crippen LogP contribution in [0.3, 0.4) is 0 Å². The summed E-state index contributed by atoms with van der Waals surface area (Å²) in [5, 5.41) is 6.95. The van der Waals surface area contributed by atoms with Crippen LogP contribution in [0.5, 0.6) is 5.75 Å². The van der Waals surface area contributed by atoms with Gasteiger partial charge in [0.15, 0.2) is 0 Å². The van der Waals surface area contributed by atoms with Gasteiger partial charge in [-0.3, -0.25) is 0 Å². The molecule has 0 bridgehead atoms. The van der Waals surface area contributed by atoms with Crippen LogP contribution in [0.2, 0.25) is 0 Å². The molecule has 0 aliphatic rings. The van der Waals surface area contributed by atoms with E-state index in [0.29, 0.717) is 13.1 Å². The van der Waals surface area contributed by atoms with Crippen molar-refractivity contribution in [1.29, 1.82) is 0 Å². The minimum absolute atomic E-state index is 0.478. The molecule has 88 valence electrons. The Morgan fingerprint density at radius 3 is 2.11 bits per heavy atom. The van der Waals surface area contributed by atoms with Crippen LogP contribution in [0.4, 0.5) is 0 Å². The second kappa shape index (κ2) is 3.79. The monoisotopic (exact) mass is 244 g/mol. The third-order valence-corrected chi connectivity index (χ3v) is 3.66. The molecule has 0 heterocycles. The van der Waals surface area contributed by atoms with Crippen LogP contribution in [0, 0.1) is 0 Å². The number of hydrogen-bond donors (Lipinski definition) is 0. The summed E-state index contributed by atoms with van der Waals surface area (Å²) >= 11 is 0. The maximum atomic E-state index is 10.6. The van der Waals surface area contributed by atoms with Crippen molar-refractivity contribution >= 4 is 39.7 Å². The van der Waals surface area contributed by atoms with E-state index in [1.807, 2.05) is 18.2 Å². The first kappa shape index (κ1) is 10.5. The molecule has 0 fully saturated rings. The normalized spacial score (nSPS) is 11.2. The Morgan fingerprint density at radius 1 is 0.737 bits per heavy atom. The van der Waals surface area contributed by atoms with Crippen molar-refractivity contribution in [3.8, 4) is 5.75 Å². The topological polar surface area (TPSA) is 26.3 Å². The molecule has 4 rings (SSSR count). The van der Waals surface area contributed by atoms with E-state index in [0.717, 1.165) is 16.2 Å². The molecule has 0 radical (unpaired) electrons. The van der Waals surface area contributed by atoms with Crippen LogP contribution in [-0.2, 0) is 4.70 Å². The van der Waals surface area contributed by atoms with Crippen molar-refractivity contribution < 1.29 is 9.36 Å². The Bertz CT molecular complexity index is 899. The van der Waals surface area contributed by atoms with Crippen LogP contribution >= 0.6 is 0 Å². The summed E-state index contributed by atoms with van der Waals surface area (Å²) in [5.74, 6) is 0.612. The van der Waals surface area contributed by atoms with Gasteiger partial charge < -0.3 is 0 Å². The third kappa shape index (κ3) is 1.38. The molecule has 3 heteroatoms. The van der Waals surface area contributed by atoms with E-state index in [1.54, 1.807) is 0 Å². The van der Waals surface area contributed by atoms with Gasteiger partial charge in [-0.15, -0.1) is 0 Å². The Labute approximate surface area is 110 Å². The summed E-state index contributed by atoms with van der Waals surface area (Å²) < 4.78 is 15.7. The number of hydrogen-bond acceptors (Lipinski definition) is 2. The van der Waals surface area contributed by atoms with Crippen molar-refractivity contribution in [1.82, 2.24) is 0 Å². The fourth-order valence-electron chi connectivity index (χ4n) is 2.86. The van der Waals surface area contributed by atoms with Crippen LogP contribution in [0.25, 0.3) is 32.3 Å². The Morgan fingerprint density at radius 2 is 1.37 bits per heavy atom. The first-order valence-corrected chi connectivity index (χ1v) is 6.15. The Kier molecular flexibility index (Phi) is 2.09. The van der Waals surface area contributed by atoms with Crippen molar-refractivity contribution in [2.24, 2.45) is 0 Å². The van der Waals surface area contributed by atoms with Crippen molar-refractivity contribution in [3.63, 3.8) is 0 Å². The fourth-order valence-corrected chi connectivity index (χ4v) is 2.86. The van der Waals surface area contributed by atoms with Crippen molar-refractivity contribution in [3.05, 3.63) is 54.6 Å². The molecule has 0 aliphatic heterocycles. The molecule has 0 unspecified atom stereocenters. The molecular weight excluding hydrogens is 235 g/mol. The zero-order chi connectivity index (χ0) is 12.8. The zero-order valence-corrected chi connectivity index (χ0v) is 10.1. The molecule has 0 saturated heterocycles. The van der Waals surface area contributed by atoms with Crippen LogP contribution < -0.4 is 4.65 Å². The predicted octanol–water partition coefficient (Wildman–Crippen LogP) is 3.93. The van der Waals surface area contributed by atoms with Crippen LogP contribution in [0.1, 0.15) is 0 Å². The van der Waals surface area contributed by atoms with Crippen LogP contribution in [-0.4, -0.2) is 7.35 Å². The van der Waals surface area contributed by atoms with E-state index in [4.69, 9.17) is 4.65 Å². The molecule has 4 aromatic carbocycles. The van der Waals surface area contributed by atoms with Crippen molar-refractivity contribution in [2.45, 2.75) is 0 Å². The minimum atomic E-state index is 0.478.